The quantitative estimate of drug-likeness (QED) is 0.788. The van der Waals surface area contributed by atoms with Gasteiger partial charge < -0.3 is 10.1 Å². The Labute approximate surface area is 130 Å². The maximum Gasteiger partial charge on any atom is 0.416 e. The molecule has 1 atom stereocenters. The number of benzene rings is 1. The SMILES string of the molecule is CC(C)(C)OC(=O)NC(CBr)c1cccc(C(F)(F)F)c1. The predicted octanol–water partition coefficient (Wildman–Crippen LogP) is 4.67. The van der Waals surface area contributed by atoms with E-state index in [1.54, 1.807) is 20.8 Å². The summed E-state index contributed by atoms with van der Waals surface area (Å²) in [6, 6.07) is 4.23. The molecule has 0 aliphatic carbocycles. The van der Waals surface area contributed by atoms with E-state index in [2.05, 4.69) is 21.2 Å². The third-order valence-corrected chi connectivity index (χ3v) is 3.11. The first-order chi connectivity index (χ1) is 9.53. The highest BCUT2D eigenvalue weighted by atomic mass is 79.9. The number of ether oxygens (including phenoxy) is 1. The van der Waals surface area contributed by atoms with Gasteiger partial charge in [-0.25, -0.2) is 4.79 Å². The van der Waals surface area contributed by atoms with Crippen LogP contribution in [0.2, 0.25) is 0 Å². The molecule has 0 fully saturated rings. The first kappa shape index (κ1) is 17.8. The molecule has 1 rings (SSSR count). The second-order valence-electron chi connectivity index (χ2n) is 5.48. The van der Waals surface area contributed by atoms with Gasteiger partial charge in [0.2, 0.25) is 0 Å². The van der Waals surface area contributed by atoms with Crippen LogP contribution in [-0.2, 0) is 10.9 Å². The van der Waals surface area contributed by atoms with Crippen molar-refractivity contribution in [2.75, 3.05) is 5.33 Å². The van der Waals surface area contributed by atoms with Gasteiger partial charge >= 0.3 is 12.3 Å². The van der Waals surface area contributed by atoms with E-state index in [0.29, 0.717) is 5.56 Å². The molecule has 1 aromatic carbocycles. The molecule has 0 aliphatic heterocycles. The molecule has 1 amide bonds. The Morgan fingerprint density at radius 2 is 1.95 bits per heavy atom. The lowest BCUT2D eigenvalue weighted by molar-refractivity contribution is -0.137. The van der Waals surface area contributed by atoms with Crippen molar-refractivity contribution in [2.24, 2.45) is 0 Å². The molecule has 0 heterocycles. The van der Waals surface area contributed by atoms with Gasteiger partial charge in [0.05, 0.1) is 11.6 Å². The summed E-state index contributed by atoms with van der Waals surface area (Å²) in [5.41, 5.74) is -1.07. The maximum atomic E-state index is 12.7. The maximum absolute atomic E-state index is 12.7. The second kappa shape index (κ2) is 6.68. The minimum absolute atomic E-state index is 0.271. The molecule has 1 aromatic rings. The number of alkyl carbamates (subject to hydrolysis) is 1. The van der Waals surface area contributed by atoms with Crippen LogP contribution < -0.4 is 5.32 Å². The molecule has 118 valence electrons. The van der Waals surface area contributed by atoms with Crippen molar-refractivity contribution in [1.82, 2.24) is 5.32 Å². The van der Waals surface area contributed by atoms with Gasteiger partial charge in [-0.05, 0) is 38.5 Å². The number of rotatable bonds is 3. The lowest BCUT2D eigenvalue weighted by atomic mass is 10.1. The Kier molecular flexibility index (Phi) is 5.67. The normalized spacial score (nSPS) is 13.7. The largest absolute Gasteiger partial charge is 0.444 e. The van der Waals surface area contributed by atoms with Gasteiger partial charge in [0.1, 0.15) is 5.60 Å². The molecule has 0 radical (unpaired) electrons. The van der Waals surface area contributed by atoms with E-state index in [9.17, 15) is 18.0 Å². The predicted molar refractivity (Wildman–Crippen MR) is 77.3 cm³/mol. The number of hydrogen-bond donors (Lipinski definition) is 1. The van der Waals surface area contributed by atoms with Crippen LogP contribution in [0.15, 0.2) is 24.3 Å². The van der Waals surface area contributed by atoms with Crippen molar-refractivity contribution in [3.05, 3.63) is 35.4 Å². The zero-order chi connectivity index (χ0) is 16.3. The van der Waals surface area contributed by atoms with Gasteiger partial charge in [-0.2, -0.15) is 13.2 Å². The fourth-order valence-electron chi connectivity index (χ4n) is 1.59. The topological polar surface area (TPSA) is 38.3 Å². The summed E-state index contributed by atoms with van der Waals surface area (Å²) >= 11 is 3.18. The van der Waals surface area contributed by atoms with E-state index in [1.165, 1.54) is 12.1 Å². The first-order valence-corrected chi connectivity index (χ1v) is 7.38. The van der Waals surface area contributed by atoms with E-state index in [1.807, 2.05) is 0 Å². The number of carbonyl (C=O) groups is 1. The average molecular weight is 368 g/mol. The van der Waals surface area contributed by atoms with E-state index >= 15 is 0 Å². The number of hydrogen-bond acceptors (Lipinski definition) is 2. The molecular weight excluding hydrogens is 351 g/mol. The van der Waals surface area contributed by atoms with Crippen LogP contribution in [-0.4, -0.2) is 17.0 Å². The Hall–Kier alpha value is -1.24. The molecule has 1 N–H and O–H groups in total. The molecule has 7 heteroatoms. The van der Waals surface area contributed by atoms with Crippen LogP contribution in [0.4, 0.5) is 18.0 Å². The van der Waals surface area contributed by atoms with Gasteiger partial charge in [0.25, 0.3) is 0 Å². The van der Waals surface area contributed by atoms with Crippen LogP contribution in [0.1, 0.15) is 37.9 Å². The van der Waals surface area contributed by atoms with Crippen LogP contribution in [0.25, 0.3) is 0 Å². The van der Waals surface area contributed by atoms with Crippen LogP contribution in [0, 0.1) is 0 Å². The van der Waals surface area contributed by atoms with E-state index in [0.717, 1.165) is 12.1 Å². The van der Waals surface area contributed by atoms with Crippen LogP contribution in [0.5, 0.6) is 0 Å². The highest BCUT2D eigenvalue weighted by Crippen LogP contribution is 2.31. The third-order valence-electron chi connectivity index (χ3n) is 2.46. The van der Waals surface area contributed by atoms with Crippen molar-refractivity contribution < 1.29 is 22.7 Å². The fourth-order valence-corrected chi connectivity index (χ4v) is 2.13. The van der Waals surface area contributed by atoms with E-state index in [-0.39, 0.29) is 5.33 Å². The fraction of sp³-hybridized carbons (Fsp3) is 0.500. The van der Waals surface area contributed by atoms with Gasteiger partial charge in [0.15, 0.2) is 0 Å². The Balaban J connectivity index is 2.88. The van der Waals surface area contributed by atoms with Crippen LogP contribution in [0.3, 0.4) is 0 Å². The Morgan fingerprint density at radius 3 is 2.43 bits per heavy atom. The van der Waals surface area contributed by atoms with E-state index in [4.69, 9.17) is 4.74 Å². The van der Waals surface area contributed by atoms with Gasteiger partial charge in [-0.3, -0.25) is 0 Å². The molecule has 0 aromatic heterocycles. The van der Waals surface area contributed by atoms with Gasteiger partial charge in [-0.15, -0.1) is 0 Å². The molecule has 1 unspecified atom stereocenters. The summed E-state index contributed by atoms with van der Waals surface area (Å²) < 4.78 is 43.2. The van der Waals surface area contributed by atoms with Gasteiger partial charge in [0, 0.05) is 5.33 Å². The summed E-state index contributed by atoms with van der Waals surface area (Å²) in [5.74, 6) is 0. The van der Waals surface area contributed by atoms with E-state index < -0.39 is 29.5 Å². The van der Waals surface area contributed by atoms with Gasteiger partial charge in [-0.1, -0.05) is 28.1 Å². The molecule has 0 aliphatic rings. The summed E-state index contributed by atoms with van der Waals surface area (Å²) in [4.78, 5) is 11.7. The monoisotopic (exact) mass is 367 g/mol. The number of nitrogens with one attached hydrogen (secondary N) is 1. The molecule has 0 spiro atoms. The summed E-state index contributed by atoms with van der Waals surface area (Å²) in [5, 5.41) is 2.81. The number of carbonyl (C=O) groups excluding carboxylic acids is 1. The molecule has 21 heavy (non-hydrogen) atoms. The lowest BCUT2D eigenvalue weighted by Crippen LogP contribution is -2.35. The third kappa shape index (κ3) is 5.95. The molecule has 3 nitrogen and oxygen atoms in total. The molecular formula is C14H17BrF3NO2. The smallest absolute Gasteiger partial charge is 0.416 e. The zero-order valence-corrected chi connectivity index (χ0v) is 13.5. The van der Waals surface area contributed by atoms with Crippen molar-refractivity contribution in [1.29, 1.82) is 0 Å². The minimum Gasteiger partial charge on any atom is -0.444 e. The Morgan fingerprint density at radius 1 is 1.33 bits per heavy atom. The zero-order valence-electron chi connectivity index (χ0n) is 11.9. The Bertz CT molecular complexity index is 498. The molecule has 0 saturated carbocycles. The second-order valence-corrected chi connectivity index (χ2v) is 6.12. The van der Waals surface area contributed by atoms with Crippen LogP contribution >= 0.6 is 15.9 Å². The van der Waals surface area contributed by atoms with Crippen molar-refractivity contribution in [3.63, 3.8) is 0 Å². The minimum atomic E-state index is -4.42. The molecule has 0 saturated heterocycles. The number of halogens is 4. The van der Waals surface area contributed by atoms with Crippen molar-refractivity contribution >= 4 is 22.0 Å². The number of amides is 1. The van der Waals surface area contributed by atoms with Crippen molar-refractivity contribution in [2.45, 2.75) is 38.6 Å². The highest BCUT2D eigenvalue weighted by Gasteiger charge is 2.31. The molecule has 0 bridgehead atoms. The first-order valence-electron chi connectivity index (χ1n) is 6.25. The highest BCUT2D eigenvalue weighted by molar-refractivity contribution is 9.09. The summed E-state index contributed by atoms with van der Waals surface area (Å²) in [6.07, 6.45) is -5.09. The summed E-state index contributed by atoms with van der Waals surface area (Å²) in [6.45, 7) is 5.12. The lowest BCUT2D eigenvalue weighted by Gasteiger charge is -2.23. The van der Waals surface area contributed by atoms with Crippen molar-refractivity contribution in [3.8, 4) is 0 Å². The standard InChI is InChI=1S/C14H17BrF3NO2/c1-13(2,3)21-12(20)19-11(8-15)9-5-4-6-10(7-9)14(16,17)18/h4-7,11H,8H2,1-3H3,(H,19,20). The average Bonchev–Trinajstić information content (AvgIpc) is 2.33. The number of alkyl halides is 4. The summed E-state index contributed by atoms with van der Waals surface area (Å²) in [7, 11) is 0.